The first kappa shape index (κ1) is 17.7. The Balaban J connectivity index is 2.42. The van der Waals surface area contributed by atoms with Gasteiger partial charge >= 0.3 is 6.18 Å². The van der Waals surface area contributed by atoms with Crippen LogP contribution in [0.4, 0.5) is 17.6 Å². The van der Waals surface area contributed by atoms with Crippen LogP contribution in [0.1, 0.15) is 25.5 Å². The van der Waals surface area contributed by atoms with Crippen molar-refractivity contribution in [2.45, 2.75) is 26.1 Å². The van der Waals surface area contributed by atoms with Crippen molar-refractivity contribution in [2.75, 3.05) is 26.4 Å². The molecule has 0 saturated carbocycles. The van der Waals surface area contributed by atoms with E-state index >= 15 is 0 Å². The zero-order valence-electron chi connectivity index (χ0n) is 12.0. The first-order valence-corrected chi connectivity index (χ1v) is 6.63. The molecule has 3 nitrogen and oxygen atoms in total. The maximum Gasteiger partial charge on any atom is 0.411 e. The molecular formula is C14H19F4NO2. The number of hydrogen-bond donors (Lipinski definition) is 1. The van der Waals surface area contributed by atoms with Gasteiger partial charge < -0.3 is 14.8 Å². The minimum absolute atomic E-state index is 0.00180. The second kappa shape index (κ2) is 8.19. The van der Waals surface area contributed by atoms with Crippen LogP contribution in [0.2, 0.25) is 0 Å². The van der Waals surface area contributed by atoms with Crippen LogP contribution in [-0.4, -0.2) is 32.5 Å². The summed E-state index contributed by atoms with van der Waals surface area (Å²) in [4.78, 5) is 0. The summed E-state index contributed by atoms with van der Waals surface area (Å²) in [6.07, 6.45) is -4.37. The van der Waals surface area contributed by atoms with E-state index in [1.54, 1.807) is 6.07 Å². The van der Waals surface area contributed by atoms with Gasteiger partial charge in [-0.3, -0.25) is 0 Å². The Morgan fingerprint density at radius 2 is 1.95 bits per heavy atom. The van der Waals surface area contributed by atoms with E-state index in [2.05, 4.69) is 10.1 Å². The van der Waals surface area contributed by atoms with E-state index in [4.69, 9.17) is 4.74 Å². The van der Waals surface area contributed by atoms with Gasteiger partial charge in [0.05, 0.1) is 6.61 Å². The number of alkyl halides is 3. The molecule has 1 N–H and O–H groups in total. The summed E-state index contributed by atoms with van der Waals surface area (Å²) >= 11 is 0. The molecule has 0 aliphatic heterocycles. The molecule has 0 fully saturated rings. The van der Waals surface area contributed by atoms with Gasteiger partial charge in [-0.1, -0.05) is 13.0 Å². The molecule has 0 radical (unpaired) electrons. The van der Waals surface area contributed by atoms with Crippen LogP contribution in [0.5, 0.6) is 5.75 Å². The minimum atomic E-state index is -4.37. The Labute approximate surface area is 121 Å². The molecule has 120 valence electrons. The van der Waals surface area contributed by atoms with Gasteiger partial charge in [-0.2, -0.15) is 13.2 Å². The third kappa shape index (κ3) is 6.77. The summed E-state index contributed by atoms with van der Waals surface area (Å²) in [5.41, 5.74) is 0.773. The highest BCUT2D eigenvalue weighted by Gasteiger charge is 2.27. The lowest BCUT2D eigenvalue weighted by Gasteiger charge is -2.14. The number of rotatable bonds is 8. The van der Waals surface area contributed by atoms with Gasteiger partial charge in [0, 0.05) is 6.04 Å². The van der Waals surface area contributed by atoms with Crippen LogP contribution in [0.15, 0.2) is 18.2 Å². The van der Waals surface area contributed by atoms with Crippen LogP contribution >= 0.6 is 0 Å². The SMILES string of the molecule is CCNC(C)c1ccc(OCCOCC(F)(F)F)c(F)c1. The van der Waals surface area contributed by atoms with Crippen LogP contribution in [0.3, 0.4) is 0 Å². The molecule has 1 aromatic carbocycles. The van der Waals surface area contributed by atoms with E-state index in [1.165, 1.54) is 12.1 Å². The molecule has 0 bridgehead atoms. The second-order valence-electron chi connectivity index (χ2n) is 4.49. The summed E-state index contributed by atoms with van der Waals surface area (Å²) in [6.45, 7) is 2.88. The normalized spacial score (nSPS) is 13.2. The monoisotopic (exact) mass is 309 g/mol. The summed E-state index contributed by atoms with van der Waals surface area (Å²) in [7, 11) is 0. The number of ether oxygens (including phenoxy) is 2. The number of nitrogens with one attached hydrogen (secondary N) is 1. The fourth-order valence-electron chi connectivity index (χ4n) is 1.73. The topological polar surface area (TPSA) is 30.5 Å². The highest BCUT2D eigenvalue weighted by atomic mass is 19.4. The van der Waals surface area contributed by atoms with Gasteiger partial charge in [0.1, 0.15) is 13.2 Å². The molecule has 1 aromatic rings. The smallest absolute Gasteiger partial charge is 0.411 e. The summed E-state index contributed by atoms with van der Waals surface area (Å²) in [6, 6.07) is 4.53. The first-order chi connectivity index (χ1) is 9.83. The van der Waals surface area contributed by atoms with Crippen LogP contribution in [0, 0.1) is 5.82 Å². The van der Waals surface area contributed by atoms with E-state index in [-0.39, 0.29) is 25.0 Å². The lowest BCUT2D eigenvalue weighted by atomic mass is 10.1. The van der Waals surface area contributed by atoms with E-state index in [1.807, 2.05) is 13.8 Å². The molecule has 0 aliphatic rings. The van der Waals surface area contributed by atoms with Crippen molar-refractivity contribution in [3.63, 3.8) is 0 Å². The third-order valence-electron chi connectivity index (χ3n) is 2.72. The molecular weight excluding hydrogens is 290 g/mol. The average molecular weight is 309 g/mol. The second-order valence-corrected chi connectivity index (χ2v) is 4.49. The highest BCUT2D eigenvalue weighted by molar-refractivity contribution is 5.30. The molecule has 1 atom stereocenters. The van der Waals surface area contributed by atoms with Gasteiger partial charge in [-0.05, 0) is 31.2 Å². The van der Waals surface area contributed by atoms with Crippen LogP contribution in [-0.2, 0) is 4.74 Å². The van der Waals surface area contributed by atoms with E-state index in [0.717, 1.165) is 12.1 Å². The Kier molecular flexibility index (Phi) is 6.91. The molecule has 7 heteroatoms. The van der Waals surface area contributed by atoms with Gasteiger partial charge in [-0.15, -0.1) is 0 Å². The van der Waals surface area contributed by atoms with Gasteiger partial charge in [-0.25, -0.2) is 4.39 Å². The Bertz CT molecular complexity index is 437. The third-order valence-corrected chi connectivity index (χ3v) is 2.72. The van der Waals surface area contributed by atoms with E-state index in [0.29, 0.717) is 0 Å². The van der Waals surface area contributed by atoms with Gasteiger partial charge in [0.2, 0.25) is 0 Å². The number of halogens is 4. The van der Waals surface area contributed by atoms with Crippen LogP contribution < -0.4 is 10.1 Å². The highest BCUT2D eigenvalue weighted by Crippen LogP contribution is 2.22. The quantitative estimate of drug-likeness (QED) is 0.589. The maximum absolute atomic E-state index is 13.8. The van der Waals surface area contributed by atoms with Crippen molar-refractivity contribution >= 4 is 0 Å². The lowest BCUT2D eigenvalue weighted by Crippen LogP contribution is -2.19. The molecule has 0 aromatic heterocycles. The number of hydrogen-bond acceptors (Lipinski definition) is 3. The Morgan fingerprint density at radius 1 is 1.24 bits per heavy atom. The molecule has 1 rings (SSSR count). The van der Waals surface area contributed by atoms with Gasteiger partial charge in [0.25, 0.3) is 0 Å². The largest absolute Gasteiger partial charge is 0.488 e. The first-order valence-electron chi connectivity index (χ1n) is 6.63. The molecule has 0 saturated heterocycles. The van der Waals surface area contributed by atoms with E-state index < -0.39 is 18.6 Å². The maximum atomic E-state index is 13.8. The molecule has 0 spiro atoms. The Morgan fingerprint density at radius 3 is 2.52 bits per heavy atom. The van der Waals surface area contributed by atoms with Crippen molar-refractivity contribution in [1.29, 1.82) is 0 Å². The fourth-order valence-corrected chi connectivity index (χ4v) is 1.73. The zero-order valence-corrected chi connectivity index (χ0v) is 12.0. The Hall–Kier alpha value is -1.34. The summed E-state index contributed by atoms with van der Waals surface area (Å²) < 4.78 is 58.7. The van der Waals surface area contributed by atoms with Crippen molar-refractivity contribution in [3.05, 3.63) is 29.6 Å². The molecule has 21 heavy (non-hydrogen) atoms. The zero-order chi connectivity index (χ0) is 15.9. The average Bonchev–Trinajstić information content (AvgIpc) is 2.39. The van der Waals surface area contributed by atoms with Crippen molar-refractivity contribution < 1.29 is 27.0 Å². The summed E-state index contributed by atoms with van der Waals surface area (Å²) in [5.74, 6) is -0.550. The molecule has 0 amide bonds. The number of benzene rings is 1. The molecule has 0 heterocycles. The van der Waals surface area contributed by atoms with Crippen molar-refractivity contribution in [2.24, 2.45) is 0 Å². The van der Waals surface area contributed by atoms with Crippen molar-refractivity contribution in [1.82, 2.24) is 5.32 Å². The van der Waals surface area contributed by atoms with Gasteiger partial charge in [0.15, 0.2) is 11.6 Å². The van der Waals surface area contributed by atoms with Crippen molar-refractivity contribution in [3.8, 4) is 5.75 Å². The lowest BCUT2D eigenvalue weighted by molar-refractivity contribution is -0.175. The molecule has 1 unspecified atom stereocenters. The van der Waals surface area contributed by atoms with E-state index in [9.17, 15) is 17.6 Å². The minimum Gasteiger partial charge on any atom is -0.488 e. The fraction of sp³-hybridized carbons (Fsp3) is 0.571. The standard InChI is InChI=1S/C14H19F4NO2/c1-3-19-10(2)11-4-5-13(12(15)8-11)21-7-6-20-9-14(16,17)18/h4-5,8,10,19H,3,6-7,9H2,1-2H3. The predicted octanol–water partition coefficient (Wildman–Crippen LogP) is 3.45. The molecule has 0 aliphatic carbocycles. The summed E-state index contributed by atoms with van der Waals surface area (Å²) in [5, 5.41) is 3.15. The predicted molar refractivity (Wildman–Crippen MR) is 70.9 cm³/mol. The van der Waals surface area contributed by atoms with Crippen LogP contribution in [0.25, 0.3) is 0 Å².